The highest BCUT2D eigenvalue weighted by Crippen LogP contribution is 2.13. The summed E-state index contributed by atoms with van der Waals surface area (Å²) in [6.45, 7) is 3.26. The first-order valence-corrected chi connectivity index (χ1v) is 5.78. The van der Waals surface area contributed by atoms with Crippen molar-refractivity contribution >= 4 is 17.4 Å². The Kier molecular flexibility index (Phi) is 3.80. The van der Waals surface area contributed by atoms with Gasteiger partial charge < -0.3 is 10.6 Å². The fraction of sp³-hybridized carbons (Fsp3) is 0.545. The van der Waals surface area contributed by atoms with Crippen LogP contribution in [0.4, 0.5) is 5.82 Å². The number of pyridine rings is 1. The molecule has 1 aromatic heterocycles. The first-order valence-electron chi connectivity index (χ1n) is 5.41. The lowest BCUT2D eigenvalue weighted by atomic mass is 10.00. The third kappa shape index (κ3) is 3.36. The highest BCUT2D eigenvalue weighted by molar-refractivity contribution is 6.30. The first kappa shape index (κ1) is 10.7. The quantitative estimate of drug-likeness (QED) is 0.828. The maximum absolute atomic E-state index is 5.76. The fourth-order valence-corrected chi connectivity index (χ4v) is 1.94. The van der Waals surface area contributed by atoms with E-state index in [2.05, 4.69) is 15.6 Å². The molecule has 0 bridgehead atoms. The van der Waals surface area contributed by atoms with Crippen molar-refractivity contribution < 1.29 is 0 Å². The van der Waals surface area contributed by atoms with Crippen molar-refractivity contribution in [2.24, 2.45) is 5.92 Å². The molecule has 0 saturated carbocycles. The Balaban J connectivity index is 1.79. The Morgan fingerprint density at radius 3 is 3.13 bits per heavy atom. The minimum Gasteiger partial charge on any atom is -0.370 e. The molecule has 2 rings (SSSR count). The predicted octanol–water partition coefficient (Wildman–Crippen LogP) is 2.15. The average Bonchev–Trinajstić information content (AvgIpc) is 2.30. The summed E-state index contributed by atoms with van der Waals surface area (Å²) in [6, 6.07) is 3.77. The van der Waals surface area contributed by atoms with Crippen LogP contribution in [-0.2, 0) is 0 Å². The van der Waals surface area contributed by atoms with E-state index in [1.54, 1.807) is 6.20 Å². The van der Waals surface area contributed by atoms with Gasteiger partial charge in [0.1, 0.15) is 5.82 Å². The maximum atomic E-state index is 5.76. The van der Waals surface area contributed by atoms with Crippen LogP contribution in [0.2, 0.25) is 5.02 Å². The van der Waals surface area contributed by atoms with Gasteiger partial charge in [0.2, 0.25) is 0 Å². The summed E-state index contributed by atoms with van der Waals surface area (Å²) in [5.74, 6) is 1.63. The second-order valence-corrected chi connectivity index (χ2v) is 4.39. The van der Waals surface area contributed by atoms with Gasteiger partial charge in [-0.1, -0.05) is 11.6 Å². The van der Waals surface area contributed by atoms with Crippen LogP contribution in [0.25, 0.3) is 0 Å². The van der Waals surface area contributed by atoms with Crippen LogP contribution >= 0.6 is 11.6 Å². The van der Waals surface area contributed by atoms with Gasteiger partial charge in [-0.2, -0.15) is 0 Å². The monoisotopic (exact) mass is 225 g/mol. The van der Waals surface area contributed by atoms with E-state index >= 15 is 0 Å². The zero-order valence-corrected chi connectivity index (χ0v) is 9.43. The van der Waals surface area contributed by atoms with Gasteiger partial charge >= 0.3 is 0 Å². The fourth-order valence-electron chi connectivity index (χ4n) is 1.83. The van der Waals surface area contributed by atoms with Gasteiger partial charge in [-0.25, -0.2) is 4.98 Å². The molecule has 4 heteroatoms. The lowest BCUT2D eigenvalue weighted by Gasteiger charge is -2.23. The van der Waals surface area contributed by atoms with Gasteiger partial charge in [-0.3, -0.25) is 0 Å². The molecule has 15 heavy (non-hydrogen) atoms. The molecular weight excluding hydrogens is 210 g/mol. The molecule has 0 amide bonds. The molecule has 1 fully saturated rings. The number of hydrogen-bond donors (Lipinski definition) is 2. The molecule has 82 valence electrons. The molecule has 0 spiro atoms. The van der Waals surface area contributed by atoms with E-state index in [0.29, 0.717) is 5.02 Å². The third-order valence-corrected chi connectivity index (χ3v) is 2.92. The molecule has 1 aromatic rings. The predicted molar refractivity (Wildman–Crippen MR) is 63.3 cm³/mol. The Bertz CT molecular complexity index is 293. The van der Waals surface area contributed by atoms with E-state index < -0.39 is 0 Å². The Morgan fingerprint density at radius 1 is 1.53 bits per heavy atom. The van der Waals surface area contributed by atoms with Crippen molar-refractivity contribution in [2.75, 3.05) is 25.0 Å². The topological polar surface area (TPSA) is 37.0 Å². The zero-order chi connectivity index (χ0) is 10.5. The van der Waals surface area contributed by atoms with E-state index in [4.69, 9.17) is 11.6 Å². The van der Waals surface area contributed by atoms with Gasteiger partial charge in [0.25, 0.3) is 0 Å². The summed E-state index contributed by atoms with van der Waals surface area (Å²) in [5.41, 5.74) is 0. The molecule has 1 aliphatic heterocycles. The summed E-state index contributed by atoms with van der Waals surface area (Å²) in [7, 11) is 0. The van der Waals surface area contributed by atoms with Gasteiger partial charge in [0.15, 0.2) is 0 Å². The largest absolute Gasteiger partial charge is 0.370 e. The van der Waals surface area contributed by atoms with Crippen molar-refractivity contribution in [2.45, 2.75) is 12.8 Å². The molecule has 1 saturated heterocycles. The number of rotatable bonds is 3. The molecule has 0 aliphatic carbocycles. The second-order valence-electron chi connectivity index (χ2n) is 3.95. The minimum absolute atomic E-state index is 0.680. The summed E-state index contributed by atoms with van der Waals surface area (Å²) < 4.78 is 0. The van der Waals surface area contributed by atoms with Crippen LogP contribution in [0.15, 0.2) is 18.3 Å². The van der Waals surface area contributed by atoms with Crippen LogP contribution in [0.5, 0.6) is 0 Å². The third-order valence-electron chi connectivity index (χ3n) is 2.70. The Hall–Kier alpha value is -0.800. The highest BCUT2D eigenvalue weighted by Gasteiger charge is 2.12. The van der Waals surface area contributed by atoms with Gasteiger partial charge in [0, 0.05) is 12.7 Å². The summed E-state index contributed by atoms with van der Waals surface area (Å²) in [6.07, 6.45) is 4.25. The number of halogens is 1. The van der Waals surface area contributed by atoms with E-state index in [-0.39, 0.29) is 0 Å². The van der Waals surface area contributed by atoms with Crippen molar-refractivity contribution in [1.29, 1.82) is 0 Å². The highest BCUT2D eigenvalue weighted by atomic mass is 35.5. The lowest BCUT2D eigenvalue weighted by Crippen LogP contribution is -2.33. The molecule has 2 N–H and O–H groups in total. The van der Waals surface area contributed by atoms with Crippen LogP contribution < -0.4 is 10.6 Å². The van der Waals surface area contributed by atoms with Crippen LogP contribution in [-0.4, -0.2) is 24.6 Å². The number of hydrogen-bond acceptors (Lipinski definition) is 3. The van der Waals surface area contributed by atoms with Crippen molar-refractivity contribution in [3.05, 3.63) is 23.4 Å². The normalized spacial score (nSPS) is 21.3. The SMILES string of the molecule is Clc1ccc(NCC2CCCNC2)nc1. The number of nitrogens with one attached hydrogen (secondary N) is 2. The van der Waals surface area contributed by atoms with Crippen molar-refractivity contribution in [1.82, 2.24) is 10.3 Å². The molecule has 0 radical (unpaired) electrons. The Morgan fingerprint density at radius 2 is 2.47 bits per heavy atom. The zero-order valence-electron chi connectivity index (χ0n) is 8.67. The summed E-state index contributed by atoms with van der Waals surface area (Å²) >= 11 is 5.76. The average molecular weight is 226 g/mol. The molecule has 2 heterocycles. The molecule has 1 atom stereocenters. The van der Waals surface area contributed by atoms with Crippen LogP contribution in [0.3, 0.4) is 0 Å². The lowest BCUT2D eigenvalue weighted by molar-refractivity contribution is 0.392. The summed E-state index contributed by atoms with van der Waals surface area (Å²) in [4.78, 5) is 4.20. The molecular formula is C11H16ClN3. The number of aromatic nitrogens is 1. The first-order chi connectivity index (χ1) is 7.34. The Labute approximate surface area is 95.2 Å². The van der Waals surface area contributed by atoms with Gasteiger partial charge in [0.05, 0.1) is 5.02 Å². The van der Waals surface area contributed by atoms with Crippen molar-refractivity contribution in [3.63, 3.8) is 0 Å². The minimum atomic E-state index is 0.680. The molecule has 0 aromatic carbocycles. The second kappa shape index (κ2) is 5.33. The molecule has 3 nitrogen and oxygen atoms in total. The van der Waals surface area contributed by atoms with Gasteiger partial charge in [-0.05, 0) is 44.0 Å². The molecule has 1 aliphatic rings. The number of anilines is 1. The number of nitrogens with zero attached hydrogens (tertiary/aromatic N) is 1. The maximum Gasteiger partial charge on any atom is 0.125 e. The van der Waals surface area contributed by atoms with E-state index in [0.717, 1.165) is 31.4 Å². The summed E-state index contributed by atoms with van der Waals surface area (Å²) in [5, 5.41) is 7.41. The van der Waals surface area contributed by atoms with E-state index in [1.807, 2.05) is 12.1 Å². The van der Waals surface area contributed by atoms with Crippen molar-refractivity contribution in [3.8, 4) is 0 Å². The smallest absolute Gasteiger partial charge is 0.125 e. The molecule has 1 unspecified atom stereocenters. The van der Waals surface area contributed by atoms with E-state index in [9.17, 15) is 0 Å². The van der Waals surface area contributed by atoms with E-state index in [1.165, 1.54) is 12.8 Å². The standard InChI is InChI=1S/C11H16ClN3/c12-10-3-4-11(15-8-10)14-7-9-2-1-5-13-6-9/h3-4,8-9,13H,1-2,5-7H2,(H,14,15). The van der Waals surface area contributed by atoms with Crippen LogP contribution in [0.1, 0.15) is 12.8 Å². The van der Waals surface area contributed by atoms with Crippen LogP contribution in [0, 0.1) is 5.92 Å². The number of piperidine rings is 1. The van der Waals surface area contributed by atoms with Gasteiger partial charge in [-0.15, -0.1) is 0 Å².